The van der Waals surface area contributed by atoms with E-state index in [-0.39, 0.29) is 5.82 Å². The van der Waals surface area contributed by atoms with E-state index in [1.807, 2.05) is 18.2 Å². The average Bonchev–Trinajstić information content (AvgIpc) is 2.57. The van der Waals surface area contributed by atoms with Gasteiger partial charge in [-0.15, -0.1) is 0 Å². The molecule has 0 atom stereocenters. The molecule has 23 heavy (non-hydrogen) atoms. The van der Waals surface area contributed by atoms with Gasteiger partial charge in [-0.3, -0.25) is 0 Å². The number of anilines is 3. The summed E-state index contributed by atoms with van der Waals surface area (Å²) in [5.74, 6) is 0.921. The number of aryl methyl sites for hydroxylation is 1. The van der Waals surface area contributed by atoms with Gasteiger partial charge in [-0.25, -0.2) is 9.37 Å². The predicted molar refractivity (Wildman–Crippen MR) is 90.2 cm³/mol. The molecule has 1 heterocycles. The monoisotopic (exact) mass is 308 g/mol. The Labute approximate surface area is 134 Å². The van der Waals surface area contributed by atoms with Crippen LogP contribution in [0.3, 0.4) is 0 Å². The van der Waals surface area contributed by atoms with Gasteiger partial charge >= 0.3 is 0 Å². The second-order valence-electron chi connectivity index (χ2n) is 5.18. The van der Waals surface area contributed by atoms with E-state index in [0.717, 1.165) is 11.5 Å². The molecule has 0 radical (unpaired) electrons. The molecule has 2 N–H and O–H groups in total. The number of nitrogens with zero attached hydrogens (tertiary/aromatic N) is 2. The van der Waals surface area contributed by atoms with E-state index in [9.17, 15) is 4.39 Å². The SMILES string of the molecule is Cc1ccccc1CNc1ccnc(Nc2ccc(F)cc2)n1. The Hall–Kier alpha value is -2.95. The molecule has 0 amide bonds. The van der Waals surface area contributed by atoms with Crippen molar-refractivity contribution in [2.24, 2.45) is 0 Å². The maximum atomic E-state index is 12.9. The zero-order valence-corrected chi connectivity index (χ0v) is 12.8. The van der Waals surface area contributed by atoms with Crippen molar-refractivity contribution in [3.63, 3.8) is 0 Å². The van der Waals surface area contributed by atoms with Gasteiger partial charge < -0.3 is 10.6 Å². The highest BCUT2D eigenvalue weighted by molar-refractivity contribution is 5.54. The number of aromatic nitrogens is 2. The van der Waals surface area contributed by atoms with Crippen molar-refractivity contribution in [1.29, 1.82) is 0 Å². The third-order valence-electron chi connectivity index (χ3n) is 3.48. The molecular weight excluding hydrogens is 291 g/mol. The lowest BCUT2D eigenvalue weighted by atomic mass is 10.1. The van der Waals surface area contributed by atoms with Gasteiger partial charge in [0, 0.05) is 18.4 Å². The Morgan fingerprint density at radius 1 is 1.00 bits per heavy atom. The molecule has 0 aliphatic heterocycles. The van der Waals surface area contributed by atoms with E-state index in [2.05, 4.69) is 39.7 Å². The summed E-state index contributed by atoms with van der Waals surface area (Å²) in [4.78, 5) is 8.58. The van der Waals surface area contributed by atoms with E-state index >= 15 is 0 Å². The van der Waals surface area contributed by atoms with Crippen molar-refractivity contribution < 1.29 is 4.39 Å². The fourth-order valence-electron chi connectivity index (χ4n) is 2.17. The van der Waals surface area contributed by atoms with Crippen molar-refractivity contribution in [3.05, 3.63) is 77.7 Å². The highest BCUT2D eigenvalue weighted by atomic mass is 19.1. The Morgan fingerprint density at radius 2 is 1.78 bits per heavy atom. The molecule has 0 saturated carbocycles. The summed E-state index contributed by atoms with van der Waals surface area (Å²) in [6, 6.07) is 16.1. The van der Waals surface area contributed by atoms with Crippen LogP contribution >= 0.6 is 0 Å². The lowest BCUT2D eigenvalue weighted by Gasteiger charge is -2.10. The van der Waals surface area contributed by atoms with Gasteiger partial charge in [0.15, 0.2) is 0 Å². The van der Waals surface area contributed by atoms with Gasteiger partial charge in [0.25, 0.3) is 0 Å². The fourth-order valence-corrected chi connectivity index (χ4v) is 2.17. The Bertz CT molecular complexity index is 787. The summed E-state index contributed by atoms with van der Waals surface area (Å²) in [5, 5.41) is 6.34. The van der Waals surface area contributed by atoms with Gasteiger partial charge in [0.1, 0.15) is 11.6 Å². The van der Waals surface area contributed by atoms with Crippen LogP contribution < -0.4 is 10.6 Å². The standard InChI is InChI=1S/C18H17FN4/c1-13-4-2-3-5-14(13)12-21-17-10-11-20-18(23-17)22-16-8-6-15(19)7-9-16/h2-11H,12H2,1H3,(H2,20,21,22,23). The number of hydrogen-bond donors (Lipinski definition) is 2. The topological polar surface area (TPSA) is 49.8 Å². The average molecular weight is 308 g/mol. The van der Waals surface area contributed by atoms with Gasteiger partial charge in [0.2, 0.25) is 5.95 Å². The van der Waals surface area contributed by atoms with Crippen LogP contribution in [0.1, 0.15) is 11.1 Å². The number of hydrogen-bond acceptors (Lipinski definition) is 4. The van der Waals surface area contributed by atoms with Crippen LogP contribution in [-0.2, 0) is 6.54 Å². The molecule has 2 aromatic carbocycles. The highest BCUT2D eigenvalue weighted by Crippen LogP contribution is 2.15. The number of nitrogens with one attached hydrogen (secondary N) is 2. The molecule has 0 aliphatic carbocycles. The van der Waals surface area contributed by atoms with Crippen molar-refractivity contribution in [1.82, 2.24) is 9.97 Å². The predicted octanol–water partition coefficient (Wildman–Crippen LogP) is 4.28. The summed E-state index contributed by atoms with van der Waals surface area (Å²) >= 11 is 0. The van der Waals surface area contributed by atoms with Gasteiger partial charge in [0.05, 0.1) is 0 Å². The van der Waals surface area contributed by atoms with Gasteiger partial charge in [-0.05, 0) is 48.4 Å². The van der Waals surface area contributed by atoms with Gasteiger partial charge in [-0.1, -0.05) is 24.3 Å². The Morgan fingerprint density at radius 3 is 2.57 bits per heavy atom. The first-order valence-corrected chi connectivity index (χ1v) is 7.35. The normalized spacial score (nSPS) is 10.3. The summed E-state index contributed by atoms with van der Waals surface area (Å²) in [6.07, 6.45) is 1.68. The minimum absolute atomic E-state index is 0.273. The van der Waals surface area contributed by atoms with Crippen LogP contribution in [0.2, 0.25) is 0 Å². The van der Waals surface area contributed by atoms with Crippen molar-refractivity contribution in [2.75, 3.05) is 10.6 Å². The molecular formula is C18H17FN4. The molecule has 3 aromatic rings. The third kappa shape index (κ3) is 4.03. The molecule has 0 spiro atoms. The summed E-state index contributed by atoms with van der Waals surface area (Å²) in [6.45, 7) is 2.78. The second kappa shape index (κ2) is 6.87. The van der Waals surface area contributed by atoms with E-state index in [1.165, 1.54) is 23.3 Å². The molecule has 0 fully saturated rings. The first-order valence-electron chi connectivity index (χ1n) is 7.35. The third-order valence-corrected chi connectivity index (χ3v) is 3.48. The highest BCUT2D eigenvalue weighted by Gasteiger charge is 2.02. The smallest absolute Gasteiger partial charge is 0.229 e. The van der Waals surface area contributed by atoms with E-state index in [1.54, 1.807) is 18.3 Å². The zero-order valence-electron chi connectivity index (χ0n) is 12.8. The minimum atomic E-state index is -0.273. The van der Waals surface area contributed by atoms with Crippen LogP contribution in [0.5, 0.6) is 0 Å². The molecule has 116 valence electrons. The quantitative estimate of drug-likeness (QED) is 0.738. The van der Waals surface area contributed by atoms with Crippen LogP contribution in [0.15, 0.2) is 60.8 Å². The maximum Gasteiger partial charge on any atom is 0.229 e. The molecule has 5 heteroatoms. The van der Waals surface area contributed by atoms with Crippen molar-refractivity contribution in [2.45, 2.75) is 13.5 Å². The molecule has 0 aliphatic rings. The summed E-state index contributed by atoms with van der Waals surface area (Å²) in [7, 11) is 0. The number of benzene rings is 2. The van der Waals surface area contributed by atoms with Crippen LogP contribution in [0.4, 0.5) is 21.8 Å². The Kier molecular flexibility index (Phi) is 4.47. The summed E-state index contributed by atoms with van der Waals surface area (Å²) in [5.41, 5.74) is 3.19. The van der Waals surface area contributed by atoms with E-state index in [0.29, 0.717) is 12.5 Å². The van der Waals surface area contributed by atoms with Crippen LogP contribution in [0.25, 0.3) is 0 Å². The molecule has 0 bridgehead atoms. The molecule has 3 rings (SSSR count). The second-order valence-corrected chi connectivity index (χ2v) is 5.18. The largest absolute Gasteiger partial charge is 0.366 e. The molecule has 0 unspecified atom stereocenters. The van der Waals surface area contributed by atoms with E-state index < -0.39 is 0 Å². The number of rotatable bonds is 5. The first kappa shape index (κ1) is 15.0. The maximum absolute atomic E-state index is 12.9. The zero-order chi connectivity index (χ0) is 16.1. The lowest BCUT2D eigenvalue weighted by molar-refractivity contribution is 0.628. The fraction of sp³-hybridized carbons (Fsp3) is 0.111. The molecule has 4 nitrogen and oxygen atoms in total. The van der Waals surface area contributed by atoms with Crippen molar-refractivity contribution in [3.8, 4) is 0 Å². The summed E-state index contributed by atoms with van der Waals surface area (Å²) < 4.78 is 12.9. The minimum Gasteiger partial charge on any atom is -0.366 e. The van der Waals surface area contributed by atoms with Crippen LogP contribution in [0, 0.1) is 12.7 Å². The Balaban J connectivity index is 1.67. The molecule has 1 aromatic heterocycles. The van der Waals surface area contributed by atoms with Gasteiger partial charge in [-0.2, -0.15) is 4.98 Å². The lowest BCUT2D eigenvalue weighted by Crippen LogP contribution is -2.05. The van der Waals surface area contributed by atoms with E-state index in [4.69, 9.17) is 0 Å². The van der Waals surface area contributed by atoms with Crippen LogP contribution in [-0.4, -0.2) is 9.97 Å². The van der Waals surface area contributed by atoms with Crippen molar-refractivity contribution >= 4 is 17.5 Å². The first-order chi connectivity index (χ1) is 11.2. The number of halogens is 1. The molecule has 0 saturated heterocycles.